The Kier molecular flexibility index (Phi) is 6.91. The second-order valence-corrected chi connectivity index (χ2v) is 6.65. The van der Waals surface area contributed by atoms with Crippen molar-refractivity contribution in [3.8, 4) is 5.75 Å². The van der Waals surface area contributed by atoms with Gasteiger partial charge < -0.3 is 26.2 Å². The van der Waals surface area contributed by atoms with Gasteiger partial charge in [-0.25, -0.2) is 0 Å². The van der Waals surface area contributed by atoms with Crippen LogP contribution in [-0.4, -0.2) is 37.3 Å². The van der Waals surface area contributed by atoms with Crippen molar-refractivity contribution in [2.45, 2.75) is 32.6 Å². The van der Waals surface area contributed by atoms with Crippen LogP contribution in [0.2, 0.25) is 0 Å². The van der Waals surface area contributed by atoms with Gasteiger partial charge in [0, 0.05) is 12.8 Å². The molecular formula is C20H28BrNO. The molecule has 0 bridgehead atoms. The predicted molar refractivity (Wildman–Crippen MR) is 93.3 cm³/mol. The number of ether oxygens (including phenoxy) is 1. The first-order chi connectivity index (χ1) is 10.8. The van der Waals surface area contributed by atoms with Crippen LogP contribution in [0.4, 0.5) is 0 Å². The van der Waals surface area contributed by atoms with Crippen LogP contribution >= 0.6 is 0 Å². The van der Waals surface area contributed by atoms with Crippen molar-refractivity contribution >= 4 is 10.8 Å². The number of unbranched alkanes of at least 4 members (excludes halogenated alkanes) is 1. The lowest BCUT2D eigenvalue weighted by Crippen LogP contribution is -3.00. The van der Waals surface area contributed by atoms with Gasteiger partial charge in [-0.2, -0.15) is 0 Å². The minimum absolute atomic E-state index is 0. The number of hydrogen-bond donors (Lipinski definition) is 0. The Bertz CT molecular complexity index is 607. The maximum atomic E-state index is 6.07. The zero-order valence-electron chi connectivity index (χ0n) is 14.1. The molecule has 1 aliphatic heterocycles. The van der Waals surface area contributed by atoms with Gasteiger partial charge in [0.15, 0.2) is 0 Å². The van der Waals surface area contributed by atoms with Gasteiger partial charge in [0.25, 0.3) is 0 Å². The van der Waals surface area contributed by atoms with Crippen LogP contribution in [0.25, 0.3) is 10.8 Å². The van der Waals surface area contributed by atoms with E-state index in [0.717, 1.165) is 18.9 Å². The number of hydrogen-bond acceptors (Lipinski definition) is 1. The molecule has 0 amide bonds. The molecule has 3 rings (SSSR count). The van der Waals surface area contributed by atoms with E-state index in [1.165, 1.54) is 60.6 Å². The number of fused-ring (bicyclic) bond motifs is 1. The van der Waals surface area contributed by atoms with Gasteiger partial charge in [0.2, 0.25) is 0 Å². The lowest BCUT2D eigenvalue weighted by atomic mass is 10.1. The summed E-state index contributed by atoms with van der Waals surface area (Å²) in [5.74, 6) is 1.01. The minimum atomic E-state index is 0. The predicted octanol–water partition coefficient (Wildman–Crippen LogP) is 1.63. The summed E-state index contributed by atoms with van der Waals surface area (Å²) in [6, 6.07) is 14.9. The fourth-order valence-electron chi connectivity index (χ4n) is 3.67. The summed E-state index contributed by atoms with van der Waals surface area (Å²) in [7, 11) is 0. The number of rotatable bonds is 7. The summed E-state index contributed by atoms with van der Waals surface area (Å²) in [5.41, 5.74) is 0. The Morgan fingerprint density at radius 3 is 2.43 bits per heavy atom. The Hall–Kier alpha value is -1.06. The lowest BCUT2D eigenvalue weighted by molar-refractivity contribution is -0.917. The lowest BCUT2D eigenvalue weighted by Gasteiger charge is -2.34. The van der Waals surface area contributed by atoms with Gasteiger partial charge in [0.1, 0.15) is 18.9 Å². The van der Waals surface area contributed by atoms with Crippen molar-refractivity contribution in [2.75, 3.05) is 32.8 Å². The molecule has 2 aromatic carbocycles. The van der Waals surface area contributed by atoms with Crippen LogP contribution < -0.4 is 21.7 Å². The molecule has 1 saturated heterocycles. The number of nitrogens with zero attached hydrogens (tertiary/aromatic N) is 1. The first-order valence-electron chi connectivity index (χ1n) is 8.78. The van der Waals surface area contributed by atoms with Gasteiger partial charge in [-0.1, -0.05) is 43.7 Å². The van der Waals surface area contributed by atoms with Crippen LogP contribution in [-0.2, 0) is 0 Å². The van der Waals surface area contributed by atoms with Gasteiger partial charge in [-0.15, -0.1) is 0 Å². The first kappa shape index (κ1) is 18.3. The summed E-state index contributed by atoms with van der Waals surface area (Å²) in [5, 5.41) is 2.54. The highest BCUT2D eigenvalue weighted by Gasteiger charge is 2.30. The summed E-state index contributed by atoms with van der Waals surface area (Å²) in [6.45, 7) is 8.31. The molecule has 3 heteroatoms. The molecule has 0 atom stereocenters. The van der Waals surface area contributed by atoms with Gasteiger partial charge in [-0.3, -0.25) is 0 Å². The Labute approximate surface area is 150 Å². The number of halogens is 1. The Morgan fingerprint density at radius 2 is 1.70 bits per heavy atom. The number of likely N-dealkylation sites (tertiary alicyclic amines) is 1. The summed E-state index contributed by atoms with van der Waals surface area (Å²) in [4.78, 5) is 0. The normalized spacial score (nSPS) is 16.2. The van der Waals surface area contributed by atoms with E-state index >= 15 is 0 Å². The Morgan fingerprint density at radius 1 is 0.957 bits per heavy atom. The van der Waals surface area contributed by atoms with Crippen molar-refractivity contribution < 1.29 is 26.2 Å². The maximum absolute atomic E-state index is 6.07. The molecular weight excluding hydrogens is 350 g/mol. The van der Waals surface area contributed by atoms with Gasteiger partial charge in [-0.05, 0) is 29.3 Å². The molecule has 0 aromatic heterocycles. The molecule has 0 aliphatic carbocycles. The molecule has 0 unspecified atom stereocenters. The van der Waals surface area contributed by atoms with E-state index in [-0.39, 0.29) is 17.0 Å². The monoisotopic (exact) mass is 377 g/mol. The SMILES string of the molecule is CCCC[N+]1(CCOc2ccc3ccccc3c2)CCCC1.[Br-]. The van der Waals surface area contributed by atoms with E-state index in [2.05, 4.69) is 49.4 Å². The molecule has 1 fully saturated rings. The third-order valence-electron chi connectivity index (χ3n) is 5.06. The topological polar surface area (TPSA) is 9.23 Å². The van der Waals surface area contributed by atoms with E-state index in [1.54, 1.807) is 0 Å². The highest BCUT2D eigenvalue weighted by Crippen LogP contribution is 2.23. The van der Waals surface area contributed by atoms with Gasteiger partial charge >= 0.3 is 0 Å². The average molecular weight is 378 g/mol. The fraction of sp³-hybridized carbons (Fsp3) is 0.500. The fourth-order valence-corrected chi connectivity index (χ4v) is 3.67. The Balaban J connectivity index is 0.00000192. The van der Waals surface area contributed by atoms with Crippen molar-refractivity contribution in [3.05, 3.63) is 42.5 Å². The van der Waals surface area contributed by atoms with Crippen LogP contribution in [0, 0.1) is 0 Å². The molecule has 0 saturated carbocycles. The first-order valence-corrected chi connectivity index (χ1v) is 8.78. The van der Waals surface area contributed by atoms with Crippen molar-refractivity contribution in [1.29, 1.82) is 0 Å². The zero-order chi connectivity index (χ0) is 15.3. The van der Waals surface area contributed by atoms with Crippen LogP contribution in [0.15, 0.2) is 42.5 Å². The van der Waals surface area contributed by atoms with E-state index in [4.69, 9.17) is 4.74 Å². The third kappa shape index (κ3) is 4.71. The molecule has 0 spiro atoms. The quantitative estimate of drug-likeness (QED) is 0.666. The molecule has 2 aromatic rings. The number of quaternary nitrogens is 1. The molecule has 1 heterocycles. The molecule has 0 radical (unpaired) electrons. The van der Waals surface area contributed by atoms with Crippen LogP contribution in [0.5, 0.6) is 5.75 Å². The van der Waals surface area contributed by atoms with Gasteiger partial charge in [0.05, 0.1) is 19.6 Å². The largest absolute Gasteiger partial charge is 1.00 e. The highest BCUT2D eigenvalue weighted by atomic mass is 79.9. The van der Waals surface area contributed by atoms with Crippen LogP contribution in [0.1, 0.15) is 32.6 Å². The average Bonchev–Trinajstić information content (AvgIpc) is 3.02. The highest BCUT2D eigenvalue weighted by molar-refractivity contribution is 5.83. The zero-order valence-corrected chi connectivity index (χ0v) is 15.7. The van der Waals surface area contributed by atoms with Crippen molar-refractivity contribution in [1.82, 2.24) is 0 Å². The van der Waals surface area contributed by atoms with Crippen molar-refractivity contribution in [3.63, 3.8) is 0 Å². The van der Waals surface area contributed by atoms with E-state index in [1.807, 2.05) is 0 Å². The summed E-state index contributed by atoms with van der Waals surface area (Å²) < 4.78 is 7.34. The molecule has 1 aliphatic rings. The second kappa shape index (κ2) is 8.70. The number of benzene rings is 2. The second-order valence-electron chi connectivity index (χ2n) is 6.65. The molecule has 0 N–H and O–H groups in total. The summed E-state index contributed by atoms with van der Waals surface area (Å²) in [6.07, 6.45) is 5.42. The maximum Gasteiger partial charge on any atom is 0.137 e. The molecule has 2 nitrogen and oxygen atoms in total. The minimum Gasteiger partial charge on any atom is -1.00 e. The third-order valence-corrected chi connectivity index (χ3v) is 5.06. The molecule has 23 heavy (non-hydrogen) atoms. The van der Waals surface area contributed by atoms with Crippen molar-refractivity contribution in [2.24, 2.45) is 0 Å². The smallest absolute Gasteiger partial charge is 0.137 e. The molecule has 126 valence electrons. The standard InChI is InChI=1S/C20H28NO.BrH/c1-2-3-12-21(13-6-7-14-21)15-16-22-20-11-10-18-8-4-5-9-19(18)17-20;/h4-5,8-11,17H,2-3,6-7,12-16H2,1H3;1H/q+1;/p-1. The summed E-state index contributed by atoms with van der Waals surface area (Å²) >= 11 is 0. The van der Waals surface area contributed by atoms with E-state index < -0.39 is 0 Å². The van der Waals surface area contributed by atoms with E-state index in [0.29, 0.717) is 0 Å². The van der Waals surface area contributed by atoms with Crippen LogP contribution in [0.3, 0.4) is 0 Å². The van der Waals surface area contributed by atoms with E-state index in [9.17, 15) is 0 Å².